The van der Waals surface area contributed by atoms with Crippen molar-refractivity contribution in [3.8, 4) is 11.1 Å². The van der Waals surface area contributed by atoms with Crippen LogP contribution in [0.2, 0.25) is 39.3 Å². The molecule has 12 heteroatoms. The first-order chi connectivity index (χ1) is 23.7. The number of halogens is 2. The summed E-state index contributed by atoms with van der Waals surface area (Å²) in [5.41, 5.74) is 2.25. The van der Waals surface area contributed by atoms with Gasteiger partial charge in [0.15, 0.2) is 5.78 Å². The molecule has 0 bridgehead atoms. The zero-order valence-electron chi connectivity index (χ0n) is 30.6. The zero-order valence-corrected chi connectivity index (χ0v) is 40.7. The fourth-order valence-corrected chi connectivity index (χ4v) is 25.4. The smallest absolute Gasteiger partial charge is 0.173 e. The molecule has 2 nitrogen and oxygen atoms in total. The van der Waals surface area contributed by atoms with E-state index in [4.69, 9.17) is 0 Å². The van der Waals surface area contributed by atoms with Crippen LogP contribution < -0.4 is 9.00 Å². The molecule has 0 aliphatic heterocycles. The second-order valence-corrected chi connectivity index (χ2v) is 35.3. The van der Waals surface area contributed by atoms with Gasteiger partial charge in [-0.3, -0.25) is 4.79 Å². The Morgan fingerprint density at radius 3 is 1.58 bits per heavy atom. The summed E-state index contributed by atoms with van der Waals surface area (Å²) in [6.07, 6.45) is 12.3. The minimum absolute atomic E-state index is 0.271. The van der Waals surface area contributed by atoms with Crippen LogP contribution in [0.1, 0.15) is 112 Å². The van der Waals surface area contributed by atoms with E-state index in [1.807, 2.05) is 45.3 Å². The van der Waals surface area contributed by atoms with Gasteiger partial charge >= 0.3 is 0 Å². The van der Waals surface area contributed by atoms with E-state index in [-0.39, 0.29) is 5.78 Å². The van der Waals surface area contributed by atoms with Gasteiger partial charge in [-0.05, 0) is 44.7 Å². The highest BCUT2D eigenvalue weighted by Gasteiger charge is 2.35. The van der Waals surface area contributed by atoms with Gasteiger partial charge in [0, 0.05) is 61.9 Å². The predicted molar refractivity (Wildman–Crippen MR) is 247 cm³/mol. The van der Waals surface area contributed by atoms with Crippen LogP contribution in [0.3, 0.4) is 0 Å². The third-order valence-electron chi connectivity index (χ3n) is 9.54. The van der Waals surface area contributed by atoms with E-state index >= 15 is 0 Å². The van der Waals surface area contributed by atoms with Crippen molar-refractivity contribution in [3.63, 3.8) is 0 Å². The molecular weight excluding hydrogens is 897 g/mol. The minimum atomic E-state index is -1.61. The summed E-state index contributed by atoms with van der Waals surface area (Å²) in [6.45, 7) is 19.1. The van der Waals surface area contributed by atoms with Crippen molar-refractivity contribution in [1.29, 1.82) is 0 Å². The van der Waals surface area contributed by atoms with Gasteiger partial charge in [0.05, 0.1) is 43.2 Å². The summed E-state index contributed by atoms with van der Waals surface area (Å²) in [6, 6.07) is 0. The van der Waals surface area contributed by atoms with E-state index in [1.54, 1.807) is 22.7 Å². The van der Waals surface area contributed by atoms with Gasteiger partial charge in [-0.15, -0.1) is 68.0 Å². The Morgan fingerprint density at radius 2 is 1.06 bits per heavy atom. The van der Waals surface area contributed by atoms with E-state index in [0.29, 0.717) is 6.42 Å². The first kappa shape index (κ1) is 39.9. The molecule has 1 atom stereocenters. The molecule has 6 heterocycles. The minimum Gasteiger partial charge on any atom is -0.388 e. The molecule has 0 saturated carbocycles. The van der Waals surface area contributed by atoms with Crippen molar-refractivity contribution in [2.75, 3.05) is 0 Å². The van der Waals surface area contributed by atoms with Crippen LogP contribution in [-0.2, 0) is 0 Å². The Kier molecular flexibility index (Phi) is 12.9. The molecule has 1 N–H and O–H groups in total. The van der Waals surface area contributed by atoms with E-state index in [1.165, 1.54) is 94.1 Å². The Balaban J connectivity index is 1.64. The molecule has 0 aliphatic rings. The predicted octanol–water partition coefficient (Wildman–Crippen LogP) is 15.9. The molecule has 0 radical (unpaired) electrons. The number of thiophene rings is 6. The van der Waals surface area contributed by atoms with E-state index in [2.05, 4.69) is 85.0 Å². The molecule has 0 amide bonds. The van der Waals surface area contributed by atoms with Crippen molar-refractivity contribution in [1.82, 2.24) is 0 Å². The summed E-state index contributed by atoms with van der Waals surface area (Å²) in [5, 5.41) is 17.2. The Labute approximate surface area is 341 Å². The number of ketones is 1. The summed E-state index contributed by atoms with van der Waals surface area (Å²) in [7, 11) is -3.21. The average molecular weight is 947 g/mol. The number of hydrogen-bond acceptors (Lipinski definition) is 8. The van der Waals surface area contributed by atoms with Crippen LogP contribution >= 0.6 is 99.9 Å². The summed E-state index contributed by atoms with van der Waals surface area (Å²) < 4.78 is 10.7. The maximum absolute atomic E-state index is 14.5. The van der Waals surface area contributed by atoms with Crippen molar-refractivity contribution in [2.24, 2.45) is 0 Å². The summed E-state index contributed by atoms with van der Waals surface area (Å²) in [5.74, 6) is 0.271. The van der Waals surface area contributed by atoms with Crippen LogP contribution in [0, 0.1) is 0 Å². The van der Waals surface area contributed by atoms with Gasteiger partial charge < -0.3 is 5.11 Å². The molecule has 6 rings (SSSR count). The highest BCUT2D eigenvalue weighted by atomic mass is 79.9. The van der Waals surface area contributed by atoms with Crippen LogP contribution in [-0.4, -0.2) is 27.0 Å². The topological polar surface area (TPSA) is 37.3 Å². The first-order valence-electron chi connectivity index (χ1n) is 18.3. The van der Waals surface area contributed by atoms with Crippen LogP contribution in [0.5, 0.6) is 0 Å². The van der Waals surface area contributed by atoms with Crippen molar-refractivity contribution in [2.45, 2.75) is 136 Å². The molecule has 0 aliphatic carbocycles. The Bertz CT molecular complexity index is 2150. The number of carbonyl (C=O) groups is 1. The fraction of sp³-hybridized carbons (Fsp3) is 0.553. The quantitative estimate of drug-likeness (QED) is 0.0562. The Hall–Kier alpha value is 0.264. The van der Waals surface area contributed by atoms with Gasteiger partial charge in [-0.1, -0.05) is 111 Å². The lowest BCUT2D eigenvalue weighted by Crippen LogP contribution is -2.35. The molecule has 1 unspecified atom stereocenters. The number of Topliss-reactive ketones (excluding diaryl/α,β-unsaturated/α-hetero) is 1. The van der Waals surface area contributed by atoms with Crippen molar-refractivity contribution in [3.05, 3.63) is 18.7 Å². The van der Waals surface area contributed by atoms with Crippen LogP contribution in [0.25, 0.3) is 48.7 Å². The van der Waals surface area contributed by atoms with Crippen molar-refractivity contribution >= 4 is 168 Å². The number of hydrogen-bond donors (Lipinski definition) is 1. The lowest BCUT2D eigenvalue weighted by atomic mass is 9.94. The number of fused-ring (bicyclic) bond motifs is 6. The van der Waals surface area contributed by atoms with Crippen LogP contribution in [0.4, 0.5) is 0 Å². The number of rotatable bonds is 17. The van der Waals surface area contributed by atoms with Gasteiger partial charge in [0.1, 0.15) is 0 Å². The maximum Gasteiger partial charge on any atom is 0.173 e. The Morgan fingerprint density at radius 1 is 0.600 bits per heavy atom. The van der Waals surface area contributed by atoms with E-state index in [9.17, 15) is 9.90 Å². The molecule has 6 aromatic rings. The van der Waals surface area contributed by atoms with Gasteiger partial charge in [0.25, 0.3) is 0 Å². The lowest BCUT2D eigenvalue weighted by molar-refractivity contribution is 0.0983. The molecule has 0 spiro atoms. The van der Waals surface area contributed by atoms with E-state index in [0.717, 1.165) is 53.0 Å². The number of carbonyl (C=O) groups excluding carboxylic acids is 1. The van der Waals surface area contributed by atoms with Gasteiger partial charge in [0.2, 0.25) is 0 Å². The molecule has 0 aromatic carbocycles. The maximum atomic E-state index is 14.5. The van der Waals surface area contributed by atoms with Crippen molar-refractivity contribution < 1.29 is 9.90 Å². The highest BCUT2D eigenvalue weighted by Crippen LogP contribution is 2.58. The lowest BCUT2D eigenvalue weighted by Gasteiger charge is -2.15. The third kappa shape index (κ3) is 7.71. The molecule has 272 valence electrons. The zero-order chi connectivity index (χ0) is 36.1. The first-order valence-corrected chi connectivity index (χ1v) is 31.7. The van der Waals surface area contributed by atoms with Crippen LogP contribution in [0.15, 0.2) is 8.95 Å². The monoisotopic (exact) mass is 944 g/mol. The molecular formula is C38H50Br2O2S6Si2. The summed E-state index contributed by atoms with van der Waals surface area (Å²) >= 11 is 19.5. The van der Waals surface area contributed by atoms with E-state index < -0.39 is 22.3 Å². The number of aliphatic hydroxyl groups excluding tert-OH is 1. The fourth-order valence-electron chi connectivity index (χ4n) is 6.91. The SMILES string of the molecule is CCCCCCCC(=O)c1sc2sc3sc([Si](C)(C)C)c(Br)c3c2c1-c1c(C(O)CCCCCCC)sc2sc3sc([Si](C)(C)C)c(Br)c3c12. The number of unbranched alkanes of at least 4 members (excludes halogenated alkanes) is 8. The summed E-state index contributed by atoms with van der Waals surface area (Å²) in [4.78, 5) is 16.5. The largest absolute Gasteiger partial charge is 0.388 e. The highest BCUT2D eigenvalue weighted by molar-refractivity contribution is 9.11. The number of aliphatic hydroxyl groups is 1. The molecule has 0 fully saturated rings. The average Bonchev–Trinajstić information content (AvgIpc) is 3.85. The third-order valence-corrected chi connectivity index (χ3v) is 27.2. The second kappa shape index (κ2) is 16.2. The molecule has 50 heavy (non-hydrogen) atoms. The standard InChI is InChI=1S/C38H50Br2O2S6Si2/c1-9-11-13-15-17-19-21(41)31-23(25-27-29(39)37(49(3,4)5)47-35(27)45-33(25)43-31)24-26-28-30(40)38(50(6,7)8)48-36(28)46-34(26)44-32(24)22(42)20-18-16-14-12-10-2/h21,41H,9-20H2,1-8H3. The molecule has 6 aromatic heterocycles. The molecule has 0 saturated heterocycles. The van der Waals surface area contributed by atoms with Gasteiger partial charge in [-0.25, -0.2) is 0 Å². The second-order valence-electron chi connectivity index (χ2n) is 15.8. The van der Waals surface area contributed by atoms with Gasteiger partial charge in [-0.2, -0.15) is 0 Å². The normalized spacial score (nSPS) is 13.7.